The van der Waals surface area contributed by atoms with Crippen molar-refractivity contribution in [3.8, 4) is 5.75 Å². The molecule has 1 atom stereocenters. The molecule has 0 aliphatic rings. The standard InChI is InChI=1S/C17H12Cl2N2O2/c18-12-6-7-14(15(19)10-12)16(22)17(21-9-8-20-11-21)23-13-4-2-1-3-5-13/h1-11,17H. The average molecular weight is 347 g/mol. The molecule has 3 aromatic rings. The molecule has 0 aliphatic heterocycles. The van der Waals surface area contributed by atoms with E-state index in [-0.39, 0.29) is 10.8 Å². The summed E-state index contributed by atoms with van der Waals surface area (Å²) in [5.74, 6) is 0.290. The third kappa shape index (κ3) is 3.55. The van der Waals surface area contributed by atoms with Gasteiger partial charge in [-0.05, 0) is 30.3 Å². The van der Waals surface area contributed by atoms with Crippen LogP contribution in [-0.2, 0) is 0 Å². The Morgan fingerprint density at radius 3 is 2.57 bits per heavy atom. The normalized spacial score (nSPS) is 11.9. The van der Waals surface area contributed by atoms with Crippen molar-refractivity contribution < 1.29 is 9.53 Å². The highest BCUT2D eigenvalue weighted by Gasteiger charge is 2.25. The quantitative estimate of drug-likeness (QED) is 0.631. The van der Waals surface area contributed by atoms with Gasteiger partial charge in [-0.25, -0.2) is 4.98 Å². The second kappa shape index (κ2) is 6.86. The van der Waals surface area contributed by atoms with Gasteiger partial charge in [-0.3, -0.25) is 9.36 Å². The van der Waals surface area contributed by atoms with Gasteiger partial charge in [-0.15, -0.1) is 0 Å². The molecule has 0 bridgehead atoms. The lowest BCUT2D eigenvalue weighted by Crippen LogP contribution is -2.24. The second-order valence-corrected chi connectivity index (χ2v) is 5.63. The smallest absolute Gasteiger partial charge is 0.241 e. The summed E-state index contributed by atoms with van der Waals surface area (Å²) in [6, 6.07) is 13.8. The Labute approximate surface area is 143 Å². The molecule has 2 aromatic carbocycles. The first kappa shape index (κ1) is 15.6. The number of halogens is 2. The van der Waals surface area contributed by atoms with E-state index < -0.39 is 6.23 Å². The van der Waals surface area contributed by atoms with Gasteiger partial charge in [-0.2, -0.15) is 0 Å². The molecular weight excluding hydrogens is 335 g/mol. The first-order chi connectivity index (χ1) is 11.1. The fourth-order valence-electron chi connectivity index (χ4n) is 2.11. The van der Waals surface area contributed by atoms with Gasteiger partial charge in [-0.1, -0.05) is 41.4 Å². The zero-order valence-corrected chi connectivity index (χ0v) is 13.4. The fraction of sp³-hybridized carbons (Fsp3) is 0.0588. The van der Waals surface area contributed by atoms with Crippen molar-refractivity contribution in [2.75, 3.05) is 0 Å². The molecule has 0 radical (unpaired) electrons. The number of nitrogens with zero attached hydrogens (tertiary/aromatic N) is 2. The predicted molar refractivity (Wildman–Crippen MR) is 89.1 cm³/mol. The van der Waals surface area contributed by atoms with Gasteiger partial charge >= 0.3 is 0 Å². The van der Waals surface area contributed by atoms with Gasteiger partial charge in [0, 0.05) is 23.0 Å². The van der Waals surface area contributed by atoms with Crippen LogP contribution in [0.4, 0.5) is 0 Å². The van der Waals surface area contributed by atoms with Crippen molar-refractivity contribution in [1.82, 2.24) is 9.55 Å². The Balaban J connectivity index is 1.96. The van der Waals surface area contributed by atoms with Crippen LogP contribution in [0, 0.1) is 0 Å². The number of imidazole rings is 1. The summed E-state index contributed by atoms with van der Waals surface area (Å²) in [5.41, 5.74) is 0.339. The summed E-state index contributed by atoms with van der Waals surface area (Å²) in [4.78, 5) is 16.9. The number of Topliss-reactive ketones (excluding diaryl/α,β-unsaturated/α-hetero) is 1. The highest BCUT2D eigenvalue weighted by atomic mass is 35.5. The largest absolute Gasteiger partial charge is 0.462 e. The number of para-hydroxylation sites is 1. The zero-order valence-electron chi connectivity index (χ0n) is 11.9. The molecule has 1 aromatic heterocycles. The van der Waals surface area contributed by atoms with Gasteiger partial charge in [0.25, 0.3) is 0 Å². The van der Waals surface area contributed by atoms with Crippen LogP contribution in [-0.4, -0.2) is 15.3 Å². The summed E-state index contributed by atoms with van der Waals surface area (Å²) in [5, 5.41) is 0.749. The molecular formula is C17H12Cl2N2O2. The average Bonchev–Trinajstić information content (AvgIpc) is 3.07. The monoisotopic (exact) mass is 346 g/mol. The lowest BCUT2D eigenvalue weighted by Gasteiger charge is -2.19. The molecule has 4 nitrogen and oxygen atoms in total. The summed E-state index contributed by atoms with van der Waals surface area (Å²) < 4.78 is 7.43. The number of hydrogen-bond acceptors (Lipinski definition) is 3. The predicted octanol–water partition coefficient (Wildman–Crippen LogP) is 4.65. The maximum absolute atomic E-state index is 12.9. The fourth-order valence-corrected chi connectivity index (χ4v) is 2.61. The zero-order chi connectivity index (χ0) is 16.2. The minimum Gasteiger partial charge on any atom is -0.462 e. The molecule has 1 unspecified atom stereocenters. The van der Waals surface area contributed by atoms with Crippen molar-refractivity contribution in [3.63, 3.8) is 0 Å². The van der Waals surface area contributed by atoms with Crippen LogP contribution in [0.3, 0.4) is 0 Å². The van der Waals surface area contributed by atoms with E-state index >= 15 is 0 Å². The molecule has 0 spiro atoms. The Bertz CT molecular complexity index is 805. The first-order valence-corrected chi connectivity index (χ1v) is 7.59. The van der Waals surface area contributed by atoms with Crippen LogP contribution in [0.1, 0.15) is 16.6 Å². The van der Waals surface area contributed by atoms with E-state index in [0.29, 0.717) is 16.3 Å². The molecule has 0 fully saturated rings. The Morgan fingerprint density at radius 2 is 1.91 bits per heavy atom. The Morgan fingerprint density at radius 1 is 1.13 bits per heavy atom. The van der Waals surface area contributed by atoms with Crippen molar-refractivity contribution in [2.24, 2.45) is 0 Å². The van der Waals surface area contributed by atoms with E-state index in [2.05, 4.69) is 4.98 Å². The Kier molecular flexibility index (Phi) is 4.65. The van der Waals surface area contributed by atoms with Crippen molar-refractivity contribution in [3.05, 3.63) is 82.9 Å². The third-order valence-electron chi connectivity index (χ3n) is 3.21. The molecule has 1 heterocycles. The van der Waals surface area contributed by atoms with Crippen LogP contribution in [0.25, 0.3) is 0 Å². The molecule has 0 amide bonds. The number of hydrogen-bond donors (Lipinski definition) is 0. The van der Waals surface area contributed by atoms with E-state index in [0.717, 1.165) is 0 Å². The Hall–Kier alpha value is -2.30. The molecule has 116 valence electrons. The molecule has 6 heteroatoms. The summed E-state index contributed by atoms with van der Waals surface area (Å²) in [7, 11) is 0. The summed E-state index contributed by atoms with van der Waals surface area (Å²) in [6.07, 6.45) is 3.86. The third-order valence-corrected chi connectivity index (χ3v) is 3.76. The van der Waals surface area contributed by atoms with E-state index in [1.54, 1.807) is 41.2 Å². The van der Waals surface area contributed by atoms with Crippen molar-refractivity contribution in [1.29, 1.82) is 0 Å². The van der Waals surface area contributed by atoms with Crippen LogP contribution >= 0.6 is 23.2 Å². The molecule has 0 saturated heterocycles. The van der Waals surface area contributed by atoms with Gasteiger partial charge in [0.2, 0.25) is 12.0 Å². The molecule has 0 N–H and O–H groups in total. The SMILES string of the molecule is O=C(c1ccc(Cl)cc1Cl)C(Oc1ccccc1)n1ccnc1. The van der Waals surface area contributed by atoms with E-state index in [9.17, 15) is 4.79 Å². The van der Waals surface area contributed by atoms with Crippen LogP contribution in [0.15, 0.2) is 67.3 Å². The van der Waals surface area contributed by atoms with E-state index in [1.165, 1.54) is 12.4 Å². The van der Waals surface area contributed by atoms with Crippen LogP contribution in [0.2, 0.25) is 10.0 Å². The summed E-state index contributed by atoms with van der Waals surface area (Å²) in [6.45, 7) is 0. The number of ether oxygens (including phenoxy) is 1. The lowest BCUT2D eigenvalue weighted by molar-refractivity contribution is 0.0653. The number of rotatable bonds is 5. The second-order valence-electron chi connectivity index (χ2n) is 4.78. The first-order valence-electron chi connectivity index (χ1n) is 6.83. The molecule has 0 saturated carbocycles. The maximum Gasteiger partial charge on any atom is 0.241 e. The van der Waals surface area contributed by atoms with Gasteiger partial charge in [0.1, 0.15) is 5.75 Å². The van der Waals surface area contributed by atoms with Gasteiger partial charge in [0.15, 0.2) is 0 Å². The summed E-state index contributed by atoms with van der Waals surface area (Å²) >= 11 is 12.0. The van der Waals surface area contributed by atoms with Crippen molar-refractivity contribution >= 4 is 29.0 Å². The van der Waals surface area contributed by atoms with E-state index in [4.69, 9.17) is 27.9 Å². The topological polar surface area (TPSA) is 44.1 Å². The van der Waals surface area contributed by atoms with E-state index in [1.807, 2.05) is 18.2 Å². The van der Waals surface area contributed by atoms with Crippen molar-refractivity contribution in [2.45, 2.75) is 6.23 Å². The minimum atomic E-state index is -0.904. The van der Waals surface area contributed by atoms with Crippen LogP contribution in [0.5, 0.6) is 5.75 Å². The van der Waals surface area contributed by atoms with Gasteiger partial charge < -0.3 is 4.74 Å². The number of ketones is 1. The molecule has 3 rings (SSSR count). The maximum atomic E-state index is 12.9. The number of aromatic nitrogens is 2. The molecule has 23 heavy (non-hydrogen) atoms. The highest BCUT2D eigenvalue weighted by Crippen LogP contribution is 2.26. The molecule has 0 aliphatic carbocycles. The number of benzene rings is 2. The highest BCUT2D eigenvalue weighted by molar-refractivity contribution is 6.36. The van der Waals surface area contributed by atoms with Crippen LogP contribution < -0.4 is 4.74 Å². The van der Waals surface area contributed by atoms with Gasteiger partial charge in [0.05, 0.1) is 11.3 Å². The lowest BCUT2D eigenvalue weighted by atomic mass is 10.1. The number of carbonyl (C=O) groups excluding carboxylic acids is 1. The minimum absolute atomic E-state index is 0.282. The number of carbonyl (C=O) groups is 1.